The molecule has 0 spiro atoms. The van der Waals surface area contributed by atoms with Crippen LogP contribution < -0.4 is 5.32 Å². The number of ketones is 1. The van der Waals surface area contributed by atoms with Gasteiger partial charge in [0.2, 0.25) is 11.8 Å². The molecule has 0 bridgehead atoms. The van der Waals surface area contributed by atoms with Gasteiger partial charge in [-0.3, -0.25) is 14.4 Å². The molecule has 1 heterocycles. The first-order valence-corrected chi connectivity index (χ1v) is 8.93. The van der Waals surface area contributed by atoms with E-state index in [0.717, 1.165) is 19.3 Å². The maximum Gasteiger partial charge on any atom is 0.245 e. The summed E-state index contributed by atoms with van der Waals surface area (Å²) in [6, 6.07) is -0.802. The fourth-order valence-electron chi connectivity index (χ4n) is 3.37. The molecular weight excluding hydrogens is 308 g/mol. The minimum atomic E-state index is -0.601. The van der Waals surface area contributed by atoms with Crippen LogP contribution in [0.1, 0.15) is 53.4 Å². The van der Waals surface area contributed by atoms with Crippen molar-refractivity contribution in [1.29, 1.82) is 0 Å². The van der Waals surface area contributed by atoms with Crippen LogP contribution in [0.4, 0.5) is 0 Å². The second-order valence-electron chi connectivity index (χ2n) is 7.94. The Balaban J connectivity index is 2.07. The van der Waals surface area contributed by atoms with Crippen molar-refractivity contribution in [2.24, 2.45) is 11.3 Å². The summed E-state index contributed by atoms with van der Waals surface area (Å²) in [6.45, 7) is 8.52. The molecule has 1 saturated heterocycles. The average Bonchev–Trinajstić information content (AvgIpc) is 2.53. The number of amides is 2. The highest BCUT2D eigenvalue weighted by atomic mass is 16.5. The molecule has 1 aliphatic carbocycles. The molecule has 1 N–H and O–H groups in total. The molecule has 6 nitrogen and oxygen atoms in total. The molecule has 0 aromatic carbocycles. The highest BCUT2D eigenvalue weighted by Crippen LogP contribution is 2.28. The van der Waals surface area contributed by atoms with E-state index in [1.807, 2.05) is 20.8 Å². The fourth-order valence-corrected chi connectivity index (χ4v) is 3.37. The largest absolute Gasteiger partial charge is 0.377 e. The summed E-state index contributed by atoms with van der Waals surface area (Å²) < 4.78 is 5.55. The lowest BCUT2D eigenvalue weighted by Crippen LogP contribution is -2.59. The first-order valence-electron chi connectivity index (χ1n) is 8.93. The van der Waals surface area contributed by atoms with Gasteiger partial charge in [0.25, 0.3) is 0 Å². The Labute approximate surface area is 144 Å². The summed E-state index contributed by atoms with van der Waals surface area (Å²) in [6.07, 6.45) is 3.37. The van der Waals surface area contributed by atoms with Gasteiger partial charge < -0.3 is 15.0 Å². The normalized spacial score (nSPS) is 26.8. The van der Waals surface area contributed by atoms with Crippen molar-refractivity contribution in [3.05, 3.63) is 0 Å². The number of carbonyl (C=O) groups excluding carboxylic acids is 3. The van der Waals surface area contributed by atoms with Crippen molar-refractivity contribution >= 4 is 17.6 Å². The molecule has 2 amide bonds. The predicted molar refractivity (Wildman–Crippen MR) is 90.3 cm³/mol. The van der Waals surface area contributed by atoms with Gasteiger partial charge in [-0.05, 0) is 19.8 Å². The first-order chi connectivity index (χ1) is 11.2. The summed E-state index contributed by atoms with van der Waals surface area (Å²) >= 11 is 0. The van der Waals surface area contributed by atoms with E-state index in [1.54, 1.807) is 11.8 Å². The number of Topliss-reactive ketones (excluding diaryl/α,β-unsaturated/α-hetero) is 1. The van der Waals surface area contributed by atoms with Crippen LogP contribution in [0.5, 0.6) is 0 Å². The van der Waals surface area contributed by atoms with E-state index in [0.29, 0.717) is 26.2 Å². The van der Waals surface area contributed by atoms with Gasteiger partial charge in [-0.15, -0.1) is 0 Å². The third kappa shape index (κ3) is 4.35. The quantitative estimate of drug-likeness (QED) is 0.847. The number of nitrogens with one attached hydrogen (secondary N) is 1. The van der Waals surface area contributed by atoms with Crippen LogP contribution in [0.25, 0.3) is 0 Å². The van der Waals surface area contributed by atoms with Crippen LogP contribution in [0, 0.1) is 11.3 Å². The van der Waals surface area contributed by atoms with Crippen molar-refractivity contribution in [2.45, 2.75) is 65.5 Å². The molecule has 2 rings (SSSR count). The molecule has 24 heavy (non-hydrogen) atoms. The molecule has 3 atom stereocenters. The van der Waals surface area contributed by atoms with Gasteiger partial charge in [0.1, 0.15) is 11.8 Å². The van der Waals surface area contributed by atoms with Crippen LogP contribution in [-0.4, -0.2) is 54.3 Å². The fraction of sp³-hybridized carbons (Fsp3) is 0.833. The number of morpholine rings is 1. The van der Waals surface area contributed by atoms with E-state index in [1.165, 1.54) is 0 Å². The number of nitrogens with zero attached hydrogens (tertiary/aromatic N) is 1. The highest BCUT2D eigenvalue weighted by molar-refractivity contribution is 5.90. The van der Waals surface area contributed by atoms with E-state index in [-0.39, 0.29) is 29.6 Å². The molecule has 136 valence electrons. The lowest BCUT2D eigenvalue weighted by molar-refractivity contribution is -0.149. The standard InChI is InChI=1S/C18H30N2O4/c1-12(19-17(23)18(2,3)4)16(22)20-9-10-24-11-14(20)13-7-5-6-8-15(13)21/h12-14H,5-11H2,1-4H3,(H,19,23)/t12-,13+,14+/m0/s1. The maximum absolute atomic E-state index is 12.9. The van der Waals surface area contributed by atoms with E-state index in [4.69, 9.17) is 4.74 Å². The number of ether oxygens (including phenoxy) is 1. The minimum absolute atomic E-state index is 0.126. The first kappa shape index (κ1) is 18.9. The Morgan fingerprint density at radius 2 is 2.00 bits per heavy atom. The zero-order chi connectivity index (χ0) is 17.9. The number of carbonyl (C=O) groups is 3. The third-order valence-electron chi connectivity index (χ3n) is 4.91. The van der Waals surface area contributed by atoms with Crippen LogP contribution in [0.15, 0.2) is 0 Å². The summed E-state index contributed by atoms with van der Waals surface area (Å²) in [5.41, 5.74) is -0.543. The van der Waals surface area contributed by atoms with E-state index >= 15 is 0 Å². The summed E-state index contributed by atoms with van der Waals surface area (Å²) in [4.78, 5) is 39.0. The maximum atomic E-state index is 12.9. The minimum Gasteiger partial charge on any atom is -0.377 e. The SMILES string of the molecule is C[C@H](NC(=O)C(C)(C)C)C(=O)N1CCOC[C@@H]1[C@H]1CCCCC1=O. The van der Waals surface area contributed by atoms with Crippen molar-refractivity contribution in [3.63, 3.8) is 0 Å². The molecule has 2 fully saturated rings. The lowest BCUT2D eigenvalue weighted by atomic mass is 9.82. The van der Waals surface area contributed by atoms with Crippen molar-refractivity contribution in [1.82, 2.24) is 10.2 Å². The molecule has 0 aromatic rings. The topological polar surface area (TPSA) is 75.7 Å². The van der Waals surface area contributed by atoms with Crippen LogP contribution in [-0.2, 0) is 19.1 Å². The second kappa shape index (κ2) is 7.64. The lowest BCUT2D eigenvalue weighted by Gasteiger charge is -2.42. The average molecular weight is 338 g/mol. The number of hydrogen-bond acceptors (Lipinski definition) is 4. The third-order valence-corrected chi connectivity index (χ3v) is 4.91. The zero-order valence-electron chi connectivity index (χ0n) is 15.3. The summed E-state index contributed by atoms with van der Waals surface area (Å²) in [5.74, 6) is -0.171. The van der Waals surface area contributed by atoms with E-state index < -0.39 is 11.5 Å². The highest BCUT2D eigenvalue weighted by Gasteiger charge is 2.39. The zero-order valence-corrected chi connectivity index (χ0v) is 15.3. The Kier molecular flexibility index (Phi) is 6.01. The van der Waals surface area contributed by atoms with E-state index in [2.05, 4.69) is 5.32 Å². The van der Waals surface area contributed by atoms with Gasteiger partial charge in [-0.25, -0.2) is 0 Å². The Morgan fingerprint density at radius 3 is 2.62 bits per heavy atom. The molecule has 2 aliphatic rings. The van der Waals surface area contributed by atoms with Crippen LogP contribution >= 0.6 is 0 Å². The van der Waals surface area contributed by atoms with Crippen LogP contribution in [0.2, 0.25) is 0 Å². The van der Waals surface area contributed by atoms with Crippen molar-refractivity contribution in [3.8, 4) is 0 Å². The van der Waals surface area contributed by atoms with Gasteiger partial charge in [0.15, 0.2) is 0 Å². The Bertz CT molecular complexity index is 498. The van der Waals surface area contributed by atoms with Crippen molar-refractivity contribution < 1.29 is 19.1 Å². The molecule has 0 radical (unpaired) electrons. The molecule has 1 aliphatic heterocycles. The molecule has 6 heteroatoms. The predicted octanol–water partition coefficient (Wildman–Crippen LogP) is 1.52. The molecule has 0 unspecified atom stereocenters. The van der Waals surface area contributed by atoms with Gasteiger partial charge in [-0.2, -0.15) is 0 Å². The van der Waals surface area contributed by atoms with E-state index in [9.17, 15) is 14.4 Å². The summed E-state index contributed by atoms with van der Waals surface area (Å²) in [5, 5.41) is 2.80. The van der Waals surface area contributed by atoms with Crippen molar-refractivity contribution in [2.75, 3.05) is 19.8 Å². The number of hydrogen-bond donors (Lipinski definition) is 1. The van der Waals surface area contributed by atoms with Gasteiger partial charge >= 0.3 is 0 Å². The monoisotopic (exact) mass is 338 g/mol. The second-order valence-corrected chi connectivity index (χ2v) is 7.94. The Morgan fingerprint density at radius 1 is 1.29 bits per heavy atom. The van der Waals surface area contributed by atoms with Crippen LogP contribution in [0.3, 0.4) is 0 Å². The molecular formula is C18H30N2O4. The van der Waals surface area contributed by atoms with Gasteiger partial charge in [0.05, 0.1) is 19.3 Å². The molecule has 0 aromatic heterocycles. The van der Waals surface area contributed by atoms with Gasteiger partial charge in [0, 0.05) is 24.3 Å². The number of rotatable bonds is 3. The van der Waals surface area contributed by atoms with Gasteiger partial charge in [-0.1, -0.05) is 27.2 Å². The Hall–Kier alpha value is -1.43. The summed E-state index contributed by atoms with van der Waals surface area (Å²) in [7, 11) is 0. The molecule has 1 saturated carbocycles. The smallest absolute Gasteiger partial charge is 0.245 e.